The van der Waals surface area contributed by atoms with Crippen LogP contribution in [0.3, 0.4) is 0 Å². The number of esters is 1. The molecule has 18 heavy (non-hydrogen) atoms. The van der Waals surface area contributed by atoms with Gasteiger partial charge in [0.25, 0.3) is 0 Å². The second kappa shape index (κ2) is 5.40. The first-order chi connectivity index (χ1) is 8.67. The van der Waals surface area contributed by atoms with Crippen LogP contribution in [0.2, 0.25) is 0 Å². The Hall–Kier alpha value is -1.55. The molecular formula is C14H19NO3. The lowest BCUT2D eigenvalue weighted by Crippen LogP contribution is -2.53. The van der Waals surface area contributed by atoms with Crippen molar-refractivity contribution < 1.29 is 14.3 Å². The van der Waals surface area contributed by atoms with E-state index in [1.165, 1.54) is 12.7 Å². The molecule has 98 valence electrons. The lowest BCUT2D eigenvalue weighted by molar-refractivity contribution is -0.153. The summed E-state index contributed by atoms with van der Waals surface area (Å²) in [5.74, 6) is 0.709. The molecule has 0 N–H and O–H groups in total. The summed E-state index contributed by atoms with van der Waals surface area (Å²) in [5.41, 5.74) is 1.18. The molecule has 1 heterocycles. The minimum atomic E-state index is -0.137. The first kappa shape index (κ1) is 12.9. The van der Waals surface area contributed by atoms with Crippen LogP contribution in [-0.4, -0.2) is 37.7 Å². The van der Waals surface area contributed by atoms with Gasteiger partial charge in [-0.25, -0.2) is 0 Å². The molecular weight excluding hydrogens is 230 g/mol. The van der Waals surface area contributed by atoms with E-state index < -0.39 is 0 Å². The Morgan fingerprint density at radius 2 is 2.00 bits per heavy atom. The first-order valence-corrected chi connectivity index (χ1v) is 6.15. The largest absolute Gasteiger partial charge is 0.497 e. The maximum atomic E-state index is 11.6. The number of methoxy groups -OCH3 is 2. The van der Waals surface area contributed by atoms with E-state index in [4.69, 9.17) is 9.47 Å². The Kier molecular flexibility index (Phi) is 3.87. The molecule has 4 heteroatoms. The fraction of sp³-hybridized carbons (Fsp3) is 0.500. The van der Waals surface area contributed by atoms with Crippen molar-refractivity contribution in [1.82, 2.24) is 4.90 Å². The van der Waals surface area contributed by atoms with E-state index in [9.17, 15) is 4.79 Å². The second-order valence-electron chi connectivity index (χ2n) is 4.51. The molecule has 0 radical (unpaired) electrons. The lowest BCUT2D eigenvalue weighted by Gasteiger charge is -2.43. The van der Waals surface area contributed by atoms with Gasteiger partial charge >= 0.3 is 5.97 Å². The highest BCUT2D eigenvalue weighted by Gasteiger charge is 2.38. The molecule has 1 aromatic rings. The van der Waals surface area contributed by atoms with Gasteiger partial charge in [0, 0.05) is 12.6 Å². The number of rotatable bonds is 4. The van der Waals surface area contributed by atoms with E-state index in [2.05, 4.69) is 11.8 Å². The average molecular weight is 249 g/mol. The Morgan fingerprint density at radius 3 is 2.44 bits per heavy atom. The van der Waals surface area contributed by atoms with Gasteiger partial charge in [-0.05, 0) is 31.0 Å². The van der Waals surface area contributed by atoms with Crippen molar-refractivity contribution in [3.05, 3.63) is 29.8 Å². The van der Waals surface area contributed by atoms with Gasteiger partial charge in [0.05, 0.1) is 14.2 Å². The molecule has 1 fully saturated rings. The van der Waals surface area contributed by atoms with Gasteiger partial charge in [-0.3, -0.25) is 9.69 Å². The van der Waals surface area contributed by atoms with Gasteiger partial charge in [-0.1, -0.05) is 12.1 Å². The van der Waals surface area contributed by atoms with Crippen LogP contribution in [0.25, 0.3) is 0 Å². The number of nitrogens with zero attached hydrogens (tertiary/aromatic N) is 1. The topological polar surface area (TPSA) is 38.8 Å². The normalized spacial score (nSPS) is 20.9. The van der Waals surface area contributed by atoms with Crippen molar-refractivity contribution in [3.63, 3.8) is 0 Å². The Labute approximate surface area is 107 Å². The van der Waals surface area contributed by atoms with Crippen LogP contribution in [0.15, 0.2) is 24.3 Å². The molecule has 1 saturated heterocycles. The summed E-state index contributed by atoms with van der Waals surface area (Å²) >= 11 is 0. The fourth-order valence-electron chi connectivity index (χ4n) is 2.33. The molecule has 0 bridgehead atoms. The van der Waals surface area contributed by atoms with E-state index >= 15 is 0 Å². The van der Waals surface area contributed by atoms with E-state index in [1.54, 1.807) is 7.11 Å². The van der Waals surface area contributed by atoms with Crippen LogP contribution in [0.4, 0.5) is 0 Å². The molecule has 2 rings (SSSR count). The predicted octanol–water partition coefficient (Wildman–Crippen LogP) is 2.00. The Bertz CT molecular complexity index is 416. The van der Waals surface area contributed by atoms with Gasteiger partial charge in [0.1, 0.15) is 11.8 Å². The molecule has 1 unspecified atom stereocenters. The summed E-state index contributed by atoms with van der Waals surface area (Å²) in [5, 5.41) is 0. The fourth-order valence-corrected chi connectivity index (χ4v) is 2.33. The Balaban J connectivity index is 2.06. The van der Waals surface area contributed by atoms with Crippen molar-refractivity contribution in [2.75, 3.05) is 20.8 Å². The van der Waals surface area contributed by atoms with E-state index in [0.29, 0.717) is 0 Å². The minimum absolute atomic E-state index is 0.0906. The van der Waals surface area contributed by atoms with Gasteiger partial charge < -0.3 is 9.47 Å². The highest BCUT2D eigenvalue weighted by molar-refractivity contribution is 5.76. The maximum absolute atomic E-state index is 11.6. The zero-order chi connectivity index (χ0) is 13.1. The van der Waals surface area contributed by atoms with Crippen LogP contribution in [0, 0.1) is 0 Å². The van der Waals surface area contributed by atoms with Gasteiger partial charge in [-0.15, -0.1) is 0 Å². The number of hydrogen-bond donors (Lipinski definition) is 0. The summed E-state index contributed by atoms with van der Waals surface area (Å²) in [6.45, 7) is 3.05. The second-order valence-corrected chi connectivity index (χ2v) is 4.51. The summed E-state index contributed by atoms with van der Waals surface area (Å²) in [7, 11) is 3.10. The van der Waals surface area contributed by atoms with Crippen molar-refractivity contribution in [2.45, 2.75) is 25.4 Å². The molecule has 2 atom stereocenters. The van der Waals surface area contributed by atoms with Crippen LogP contribution < -0.4 is 4.74 Å². The van der Waals surface area contributed by atoms with Crippen molar-refractivity contribution in [2.24, 2.45) is 0 Å². The zero-order valence-corrected chi connectivity index (χ0v) is 11.1. The number of likely N-dealkylation sites (tertiary alicyclic amines) is 1. The monoisotopic (exact) mass is 249 g/mol. The summed E-state index contributed by atoms with van der Waals surface area (Å²) in [6.07, 6.45) is 0.882. The van der Waals surface area contributed by atoms with Crippen molar-refractivity contribution in [3.8, 4) is 5.75 Å². The first-order valence-electron chi connectivity index (χ1n) is 6.15. The number of carbonyl (C=O) groups excluding carboxylic acids is 1. The van der Waals surface area contributed by atoms with Crippen LogP contribution >= 0.6 is 0 Å². The molecule has 1 aliphatic rings. The molecule has 0 spiro atoms. The maximum Gasteiger partial charge on any atom is 0.323 e. The Morgan fingerprint density at radius 1 is 1.33 bits per heavy atom. The molecule has 0 aliphatic carbocycles. The predicted molar refractivity (Wildman–Crippen MR) is 68.5 cm³/mol. The van der Waals surface area contributed by atoms with Crippen LogP contribution in [0.1, 0.15) is 24.9 Å². The quantitative estimate of drug-likeness (QED) is 0.765. The van der Waals surface area contributed by atoms with Crippen LogP contribution in [0.5, 0.6) is 5.75 Å². The van der Waals surface area contributed by atoms with Gasteiger partial charge in [0.2, 0.25) is 0 Å². The van der Waals surface area contributed by atoms with Crippen molar-refractivity contribution >= 4 is 5.97 Å². The number of carbonyl (C=O) groups is 1. The molecule has 0 saturated carbocycles. The van der Waals surface area contributed by atoms with E-state index in [0.717, 1.165) is 18.7 Å². The average Bonchev–Trinajstić information content (AvgIpc) is 2.37. The minimum Gasteiger partial charge on any atom is -0.497 e. The van der Waals surface area contributed by atoms with Gasteiger partial charge in [-0.2, -0.15) is 0 Å². The summed E-state index contributed by atoms with van der Waals surface area (Å²) in [4.78, 5) is 13.7. The van der Waals surface area contributed by atoms with E-state index in [-0.39, 0.29) is 18.1 Å². The van der Waals surface area contributed by atoms with E-state index in [1.807, 2.05) is 24.3 Å². The number of benzene rings is 1. The van der Waals surface area contributed by atoms with Crippen LogP contribution in [-0.2, 0) is 9.53 Å². The molecule has 0 aromatic heterocycles. The highest BCUT2D eigenvalue weighted by Crippen LogP contribution is 2.31. The molecule has 1 aromatic carbocycles. The smallest absolute Gasteiger partial charge is 0.323 e. The zero-order valence-electron chi connectivity index (χ0n) is 11.1. The standard InChI is InChI=1S/C14H19NO3/c1-10(11-4-6-12(17-2)7-5-11)15-9-8-13(15)14(16)18-3/h4-7,10,13H,8-9H2,1-3H3/t10-,13?/m0/s1. The molecule has 1 aliphatic heterocycles. The molecule has 4 nitrogen and oxygen atoms in total. The molecule has 0 amide bonds. The number of hydrogen-bond acceptors (Lipinski definition) is 4. The lowest BCUT2D eigenvalue weighted by atomic mass is 9.96. The third-order valence-electron chi connectivity index (χ3n) is 3.63. The van der Waals surface area contributed by atoms with Gasteiger partial charge in [0.15, 0.2) is 0 Å². The third kappa shape index (κ3) is 2.34. The number of ether oxygens (including phenoxy) is 2. The summed E-state index contributed by atoms with van der Waals surface area (Å²) in [6, 6.07) is 8.09. The summed E-state index contributed by atoms with van der Waals surface area (Å²) < 4.78 is 9.95. The van der Waals surface area contributed by atoms with Crippen molar-refractivity contribution in [1.29, 1.82) is 0 Å². The highest BCUT2D eigenvalue weighted by atomic mass is 16.5. The SMILES string of the molecule is COC(=O)C1CCN1[C@@H](C)c1ccc(OC)cc1. The third-order valence-corrected chi connectivity index (χ3v) is 3.63.